The largest absolute Gasteiger partial charge is 0.478 e. The van der Waals surface area contributed by atoms with Gasteiger partial charge in [-0.2, -0.15) is 0 Å². The number of rotatable bonds is 4. The molecule has 7 heteroatoms. The van der Waals surface area contributed by atoms with Crippen LogP contribution in [0.5, 0.6) is 0 Å². The molecular weight excluding hydrogens is 280 g/mol. The van der Waals surface area contributed by atoms with Crippen LogP contribution in [0.2, 0.25) is 0 Å². The van der Waals surface area contributed by atoms with Gasteiger partial charge in [0.15, 0.2) is 0 Å². The minimum Gasteiger partial charge on any atom is -0.478 e. The second kappa shape index (κ2) is 5.30. The maximum absolute atomic E-state index is 12.5. The number of carboxylic acid groups (broad SMARTS) is 1. The Balaban J connectivity index is 2.54. The molecule has 0 bridgehead atoms. The fourth-order valence-electron chi connectivity index (χ4n) is 1.68. The first kappa shape index (κ1) is 14.0. The van der Waals surface area contributed by atoms with Gasteiger partial charge in [0, 0.05) is 13.2 Å². The molecule has 0 aliphatic heterocycles. The molecule has 0 saturated heterocycles. The van der Waals surface area contributed by atoms with Gasteiger partial charge in [0.05, 0.1) is 5.56 Å². The summed E-state index contributed by atoms with van der Waals surface area (Å²) in [7, 11) is -2.65. The Bertz CT molecular complexity index is 729. The topological polar surface area (TPSA) is 87.6 Å². The predicted molar refractivity (Wildman–Crippen MR) is 73.2 cm³/mol. The van der Waals surface area contributed by atoms with Crippen molar-refractivity contribution in [1.82, 2.24) is 4.98 Å². The third-order valence-electron chi connectivity index (χ3n) is 2.73. The summed E-state index contributed by atoms with van der Waals surface area (Å²) in [6.45, 7) is 0. The van der Waals surface area contributed by atoms with Crippen LogP contribution >= 0.6 is 0 Å². The molecule has 0 atom stereocenters. The molecule has 20 heavy (non-hydrogen) atoms. The average Bonchev–Trinajstić information content (AvgIpc) is 2.47. The first-order valence-electron chi connectivity index (χ1n) is 5.67. The molecule has 1 heterocycles. The summed E-state index contributed by atoms with van der Waals surface area (Å²) in [6, 6.07) is 10.3. The summed E-state index contributed by atoms with van der Waals surface area (Å²) >= 11 is 0. The van der Waals surface area contributed by atoms with Crippen molar-refractivity contribution in [2.45, 2.75) is 4.90 Å². The van der Waals surface area contributed by atoms with E-state index in [4.69, 9.17) is 5.11 Å². The summed E-state index contributed by atoms with van der Waals surface area (Å²) in [5, 5.41) is 9.08. The fraction of sp³-hybridized carbons (Fsp3) is 0.0769. The van der Waals surface area contributed by atoms with E-state index in [1.54, 1.807) is 12.1 Å². The minimum atomic E-state index is -3.98. The van der Waals surface area contributed by atoms with Gasteiger partial charge >= 0.3 is 5.97 Å². The van der Waals surface area contributed by atoms with Gasteiger partial charge in [-0.1, -0.05) is 18.2 Å². The van der Waals surface area contributed by atoms with Crippen LogP contribution < -0.4 is 4.31 Å². The lowest BCUT2D eigenvalue weighted by Gasteiger charge is -2.19. The number of hydrogen-bond donors (Lipinski definition) is 1. The Kier molecular flexibility index (Phi) is 3.71. The van der Waals surface area contributed by atoms with Gasteiger partial charge in [-0.15, -0.1) is 0 Å². The summed E-state index contributed by atoms with van der Waals surface area (Å²) in [4.78, 5) is 14.8. The van der Waals surface area contributed by atoms with Crippen molar-refractivity contribution in [3.8, 4) is 0 Å². The van der Waals surface area contributed by atoms with Crippen molar-refractivity contribution in [3.63, 3.8) is 0 Å². The van der Waals surface area contributed by atoms with Crippen LogP contribution in [-0.4, -0.2) is 31.5 Å². The molecule has 0 aliphatic rings. The molecule has 0 spiro atoms. The number of aromatic nitrogens is 1. The maximum Gasteiger partial charge on any atom is 0.337 e. The highest BCUT2D eigenvalue weighted by atomic mass is 32.2. The molecule has 0 unspecified atom stereocenters. The molecule has 0 saturated carbocycles. The lowest BCUT2D eigenvalue weighted by molar-refractivity contribution is 0.0692. The van der Waals surface area contributed by atoms with Crippen LogP contribution in [0.1, 0.15) is 10.4 Å². The molecular formula is C13H12N2O4S. The number of aromatic carboxylic acids is 1. The lowest BCUT2D eigenvalue weighted by Crippen LogP contribution is -2.28. The normalized spacial score (nSPS) is 11.1. The SMILES string of the molecule is CN(c1ccccn1)S(=O)(=O)c1ccccc1C(=O)O. The van der Waals surface area contributed by atoms with Crippen LogP contribution in [0.3, 0.4) is 0 Å². The van der Waals surface area contributed by atoms with Crippen molar-refractivity contribution in [2.75, 3.05) is 11.4 Å². The second-order valence-corrected chi connectivity index (χ2v) is 5.90. The Labute approximate surface area is 116 Å². The van der Waals surface area contributed by atoms with Crippen LogP contribution in [-0.2, 0) is 10.0 Å². The van der Waals surface area contributed by atoms with E-state index in [2.05, 4.69) is 4.98 Å². The summed E-state index contributed by atoms with van der Waals surface area (Å²) in [5.41, 5.74) is -0.268. The molecule has 2 aromatic rings. The molecule has 0 amide bonds. The monoisotopic (exact) mass is 292 g/mol. The van der Waals surface area contributed by atoms with Crippen molar-refractivity contribution in [2.24, 2.45) is 0 Å². The zero-order chi connectivity index (χ0) is 14.8. The van der Waals surface area contributed by atoms with E-state index in [0.29, 0.717) is 0 Å². The highest BCUT2D eigenvalue weighted by Gasteiger charge is 2.27. The average molecular weight is 292 g/mol. The number of benzene rings is 1. The fourth-order valence-corrected chi connectivity index (χ4v) is 3.01. The number of sulfonamides is 1. The molecule has 0 aliphatic carbocycles. The van der Waals surface area contributed by atoms with E-state index in [-0.39, 0.29) is 16.3 Å². The first-order valence-corrected chi connectivity index (χ1v) is 7.11. The van der Waals surface area contributed by atoms with Crippen LogP contribution in [0.25, 0.3) is 0 Å². The number of hydrogen-bond acceptors (Lipinski definition) is 4. The van der Waals surface area contributed by atoms with Crippen LogP contribution in [0, 0.1) is 0 Å². The number of pyridine rings is 1. The van der Waals surface area contributed by atoms with Crippen molar-refractivity contribution in [3.05, 3.63) is 54.2 Å². The van der Waals surface area contributed by atoms with Gasteiger partial charge < -0.3 is 5.11 Å². The number of nitrogens with zero attached hydrogens (tertiary/aromatic N) is 2. The second-order valence-electron chi connectivity index (χ2n) is 3.96. The number of carbonyl (C=O) groups is 1. The zero-order valence-electron chi connectivity index (χ0n) is 10.6. The van der Waals surface area contributed by atoms with Crippen LogP contribution in [0.15, 0.2) is 53.6 Å². The predicted octanol–water partition coefficient (Wildman–Crippen LogP) is 1.60. The Morgan fingerprint density at radius 3 is 2.40 bits per heavy atom. The van der Waals surface area contributed by atoms with Gasteiger partial charge in [-0.3, -0.25) is 4.31 Å². The standard InChI is InChI=1S/C13H12N2O4S/c1-15(12-8-4-5-9-14-12)20(18,19)11-7-3-2-6-10(11)13(16)17/h2-9H,1H3,(H,16,17). The van der Waals surface area contributed by atoms with Crippen molar-refractivity contribution >= 4 is 21.8 Å². The molecule has 0 fully saturated rings. The molecule has 104 valence electrons. The smallest absolute Gasteiger partial charge is 0.337 e. The van der Waals surface area contributed by atoms with Crippen molar-refractivity contribution < 1.29 is 18.3 Å². The number of carboxylic acids is 1. The quantitative estimate of drug-likeness (QED) is 0.925. The van der Waals surface area contributed by atoms with Crippen molar-refractivity contribution in [1.29, 1.82) is 0 Å². The van der Waals surface area contributed by atoms with E-state index in [1.165, 1.54) is 43.6 Å². The summed E-state index contributed by atoms with van der Waals surface area (Å²) < 4.78 is 25.9. The third-order valence-corrected chi connectivity index (χ3v) is 4.55. The van der Waals surface area contributed by atoms with Gasteiger partial charge in [0.1, 0.15) is 10.7 Å². The van der Waals surface area contributed by atoms with Gasteiger partial charge in [-0.25, -0.2) is 18.2 Å². The molecule has 2 rings (SSSR count). The third kappa shape index (κ3) is 2.48. The van der Waals surface area contributed by atoms with Gasteiger partial charge in [0.2, 0.25) is 0 Å². The molecule has 1 aromatic carbocycles. The Hall–Kier alpha value is -2.41. The minimum absolute atomic E-state index is 0.215. The summed E-state index contributed by atoms with van der Waals surface area (Å²) in [6.07, 6.45) is 1.46. The van der Waals surface area contributed by atoms with E-state index < -0.39 is 16.0 Å². The van der Waals surface area contributed by atoms with E-state index in [9.17, 15) is 13.2 Å². The molecule has 1 aromatic heterocycles. The summed E-state index contributed by atoms with van der Waals surface area (Å²) in [5.74, 6) is -1.08. The molecule has 6 nitrogen and oxygen atoms in total. The molecule has 0 radical (unpaired) electrons. The Morgan fingerprint density at radius 2 is 1.80 bits per heavy atom. The van der Waals surface area contributed by atoms with E-state index in [0.717, 1.165) is 4.31 Å². The van der Waals surface area contributed by atoms with Crippen LogP contribution in [0.4, 0.5) is 5.82 Å². The van der Waals surface area contributed by atoms with Gasteiger partial charge in [0.25, 0.3) is 10.0 Å². The lowest BCUT2D eigenvalue weighted by atomic mass is 10.2. The Morgan fingerprint density at radius 1 is 1.15 bits per heavy atom. The highest BCUT2D eigenvalue weighted by molar-refractivity contribution is 7.92. The zero-order valence-corrected chi connectivity index (χ0v) is 11.4. The highest BCUT2D eigenvalue weighted by Crippen LogP contribution is 2.22. The van der Waals surface area contributed by atoms with E-state index >= 15 is 0 Å². The first-order chi connectivity index (χ1) is 9.44. The molecule has 1 N–H and O–H groups in total. The van der Waals surface area contributed by atoms with E-state index in [1.807, 2.05) is 0 Å². The maximum atomic E-state index is 12.5. The van der Waals surface area contributed by atoms with Gasteiger partial charge in [-0.05, 0) is 24.3 Å². The number of anilines is 1.